The molecule has 1 aliphatic heterocycles. The third kappa shape index (κ3) is 3.81. The van der Waals surface area contributed by atoms with Gasteiger partial charge in [-0.3, -0.25) is 4.79 Å². The van der Waals surface area contributed by atoms with Crippen molar-refractivity contribution in [3.05, 3.63) is 39.5 Å². The number of benzene rings is 1. The topological polar surface area (TPSA) is 41.6 Å². The molecule has 0 saturated heterocycles. The molecule has 0 spiro atoms. The van der Waals surface area contributed by atoms with Gasteiger partial charge in [-0.1, -0.05) is 13.0 Å². The number of allylic oxidation sites excluding steroid dienone is 1. The van der Waals surface area contributed by atoms with Crippen molar-refractivity contribution in [1.82, 2.24) is 10.2 Å². The zero-order valence-corrected chi connectivity index (χ0v) is 17.9. The smallest absolute Gasteiger partial charge is 0.173 e. The maximum Gasteiger partial charge on any atom is 0.173 e. The first kappa shape index (κ1) is 19.4. The molecular weight excluding hydrogens is 412 g/mol. The van der Waals surface area contributed by atoms with Crippen LogP contribution in [0.2, 0.25) is 0 Å². The quantitative estimate of drug-likeness (QED) is 0.665. The summed E-state index contributed by atoms with van der Waals surface area (Å²) >= 11 is 9.23. The monoisotopic (exact) mass is 436 g/mol. The summed E-state index contributed by atoms with van der Waals surface area (Å²) in [6.45, 7) is 6.98. The van der Waals surface area contributed by atoms with Gasteiger partial charge in [-0.2, -0.15) is 0 Å². The first-order valence-electron chi connectivity index (χ1n) is 9.22. The number of nitrogens with zero attached hydrogens (tertiary/aromatic N) is 1. The number of thiocarbonyl (C=S) groups is 1. The Labute approximate surface area is 169 Å². The number of carbonyl (C=O) groups excluding carboxylic acids is 1. The summed E-state index contributed by atoms with van der Waals surface area (Å²) in [6.07, 6.45) is 3.52. The Bertz CT molecular complexity index is 760. The third-order valence-corrected chi connectivity index (χ3v) is 5.61. The molecule has 0 fully saturated rings. The average molecular weight is 437 g/mol. The van der Waals surface area contributed by atoms with Gasteiger partial charge in [0.25, 0.3) is 0 Å². The number of nitrogens with one attached hydrogen (secondary N) is 1. The van der Waals surface area contributed by atoms with E-state index in [1.54, 1.807) is 0 Å². The van der Waals surface area contributed by atoms with E-state index in [9.17, 15) is 4.79 Å². The van der Waals surface area contributed by atoms with E-state index in [0.717, 1.165) is 52.9 Å². The fourth-order valence-corrected chi connectivity index (χ4v) is 4.42. The van der Waals surface area contributed by atoms with E-state index in [2.05, 4.69) is 33.1 Å². The first-order chi connectivity index (χ1) is 12.4. The van der Waals surface area contributed by atoms with E-state index in [4.69, 9.17) is 17.0 Å². The van der Waals surface area contributed by atoms with E-state index < -0.39 is 0 Å². The summed E-state index contributed by atoms with van der Waals surface area (Å²) in [4.78, 5) is 14.9. The maximum atomic E-state index is 12.8. The van der Waals surface area contributed by atoms with Crippen LogP contribution in [0.1, 0.15) is 58.1 Å². The SMILES string of the molecule is CCCN1C(=S)NC(c2ccc(OC(C)C)c(Br)c2)C2=C1CCCC2=O. The number of hydrogen-bond donors (Lipinski definition) is 1. The number of rotatable bonds is 5. The summed E-state index contributed by atoms with van der Waals surface area (Å²) in [5, 5.41) is 4.11. The summed E-state index contributed by atoms with van der Waals surface area (Å²) in [6, 6.07) is 5.81. The molecule has 140 valence electrons. The summed E-state index contributed by atoms with van der Waals surface area (Å²) in [7, 11) is 0. The second kappa shape index (κ2) is 8.09. The van der Waals surface area contributed by atoms with Crippen LogP contribution in [0.5, 0.6) is 5.75 Å². The summed E-state index contributed by atoms with van der Waals surface area (Å²) < 4.78 is 6.69. The van der Waals surface area contributed by atoms with E-state index in [1.165, 1.54) is 0 Å². The van der Waals surface area contributed by atoms with Crippen LogP contribution in [0.25, 0.3) is 0 Å². The van der Waals surface area contributed by atoms with E-state index in [-0.39, 0.29) is 17.9 Å². The largest absolute Gasteiger partial charge is 0.490 e. The van der Waals surface area contributed by atoms with Crippen molar-refractivity contribution < 1.29 is 9.53 Å². The molecule has 0 radical (unpaired) electrons. The molecule has 1 atom stereocenters. The summed E-state index contributed by atoms with van der Waals surface area (Å²) in [5.74, 6) is 1.03. The molecule has 1 N–H and O–H groups in total. The van der Waals surface area contributed by atoms with Crippen LogP contribution >= 0.6 is 28.1 Å². The number of ketones is 1. The minimum absolute atomic E-state index is 0.106. The highest BCUT2D eigenvalue weighted by Crippen LogP contribution is 2.39. The van der Waals surface area contributed by atoms with Gasteiger partial charge in [0.1, 0.15) is 5.75 Å². The Morgan fingerprint density at radius 3 is 2.81 bits per heavy atom. The highest BCUT2D eigenvalue weighted by atomic mass is 79.9. The number of halogens is 1. The Morgan fingerprint density at radius 1 is 1.38 bits per heavy atom. The minimum atomic E-state index is -0.192. The van der Waals surface area contributed by atoms with Gasteiger partial charge in [0.15, 0.2) is 10.9 Å². The van der Waals surface area contributed by atoms with Gasteiger partial charge < -0.3 is 15.0 Å². The van der Waals surface area contributed by atoms with Crippen molar-refractivity contribution in [3.63, 3.8) is 0 Å². The number of carbonyl (C=O) groups is 1. The standard InChI is InChI=1S/C20H25BrN2O2S/c1-4-10-23-15-6-5-7-16(24)18(15)19(22-20(23)26)13-8-9-17(14(21)11-13)25-12(2)3/h8-9,11-12,19H,4-7,10H2,1-3H3,(H,22,26). The number of hydrogen-bond acceptors (Lipinski definition) is 3. The Morgan fingerprint density at radius 2 is 2.15 bits per heavy atom. The lowest BCUT2D eigenvalue weighted by Crippen LogP contribution is -2.49. The molecule has 6 heteroatoms. The minimum Gasteiger partial charge on any atom is -0.490 e. The highest BCUT2D eigenvalue weighted by molar-refractivity contribution is 9.10. The van der Waals surface area contributed by atoms with E-state index in [0.29, 0.717) is 11.5 Å². The predicted molar refractivity (Wildman–Crippen MR) is 111 cm³/mol. The van der Waals surface area contributed by atoms with Gasteiger partial charge in [0.2, 0.25) is 0 Å². The first-order valence-corrected chi connectivity index (χ1v) is 10.4. The second-order valence-corrected chi connectivity index (χ2v) is 8.27. The van der Waals surface area contributed by atoms with Crippen LogP contribution in [-0.4, -0.2) is 28.4 Å². The zero-order valence-electron chi connectivity index (χ0n) is 15.5. The van der Waals surface area contributed by atoms with Crippen molar-refractivity contribution >= 4 is 39.0 Å². The fourth-order valence-electron chi connectivity index (χ4n) is 3.61. The molecule has 1 unspecified atom stereocenters. The zero-order chi connectivity index (χ0) is 18.8. The van der Waals surface area contributed by atoms with Gasteiger partial charge in [-0.05, 0) is 79.0 Å². The molecule has 1 heterocycles. The molecule has 4 nitrogen and oxygen atoms in total. The molecule has 2 aliphatic rings. The molecular formula is C20H25BrN2O2S. The van der Waals surface area contributed by atoms with Crippen molar-refractivity contribution in [1.29, 1.82) is 0 Å². The molecule has 0 aromatic heterocycles. The van der Waals surface area contributed by atoms with Crippen molar-refractivity contribution in [2.45, 2.75) is 58.6 Å². The van der Waals surface area contributed by atoms with Gasteiger partial charge in [0, 0.05) is 24.2 Å². The van der Waals surface area contributed by atoms with Crippen LogP contribution < -0.4 is 10.1 Å². The van der Waals surface area contributed by atoms with Crippen molar-refractivity contribution in [2.75, 3.05) is 6.54 Å². The van der Waals surface area contributed by atoms with Crippen LogP contribution in [0.3, 0.4) is 0 Å². The Balaban J connectivity index is 2.01. The van der Waals surface area contributed by atoms with E-state index >= 15 is 0 Å². The lowest BCUT2D eigenvalue weighted by atomic mass is 9.84. The Hall–Kier alpha value is -1.40. The maximum absolute atomic E-state index is 12.8. The van der Waals surface area contributed by atoms with Crippen LogP contribution in [0.4, 0.5) is 0 Å². The Kier molecular flexibility index (Phi) is 6.03. The molecule has 1 aromatic rings. The lowest BCUT2D eigenvalue weighted by Gasteiger charge is -2.41. The number of Topliss-reactive ketones (excluding diaryl/α,β-unsaturated/α-hetero) is 1. The molecule has 0 amide bonds. The van der Waals surface area contributed by atoms with Crippen LogP contribution in [0.15, 0.2) is 33.9 Å². The normalized spacial score (nSPS) is 20.3. The van der Waals surface area contributed by atoms with Gasteiger partial charge in [-0.25, -0.2) is 0 Å². The fraction of sp³-hybridized carbons (Fsp3) is 0.500. The molecule has 3 rings (SSSR count). The summed E-state index contributed by atoms with van der Waals surface area (Å²) in [5.41, 5.74) is 3.01. The van der Waals surface area contributed by atoms with E-state index in [1.807, 2.05) is 32.0 Å². The highest BCUT2D eigenvalue weighted by Gasteiger charge is 2.37. The average Bonchev–Trinajstić information content (AvgIpc) is 2.59. The molecule has 1 aromatic carbocycles. The predicted octanol–water partition coefficient (Wildman–Crippen LogP) is 4.88. The van der Waals surface area contributed by atoms with Gasteiger partial charge >= 0.3 is 0 Å². The van der Waals surface area contributed by atoms with Crippen molar-refractivity contribution in [3.8, 4) is 5.75 Å². The number of ether oxygens (including phenoxy) is 1. The van der Waals surface area contributed by atoms with Crippen LogP contribution in [-0.2, 0) is 4.79 Å². The van der Waals surface area contributed by atoms with Gasteiger partial charge in [0.05, 0.1) is 16.6 Å². The molecule has 0 bridgehead atoms. The third-order valence-electron chi connectivity index (χ3n) is 4.66. The molecule has 26 heavy (non-hydrogen) atoms. The lowest BCUT2D eigenvalue weighted by molar-refractivity contribution is -0.116. The second-order valence-electron chi connectivity index (χ2n) is 7.03. The van der Waals surface area contributed by atoms with Crippen molar-refractivity contribution in [2.24, 2.45) is 0 Å². The molecule has 1 aliphatic carbocycles. The molecule has 0 saturated carbocycles. The van der Waals surface area contributed by atoms with Crippen LogP contribution in [0, 0.1) is 0 Å². The van der Waals surface area contributed by atoms with Gasteiger partial charge in [-0.15, -0.1) is 0 Å².